The van der Waals surface area contributed by atoms with E-state index < -0.39 is 0 Å². The Labute approximate surface area is 117 Å². The van der Waals surface area contributed by atoms with Crippen molar-refractivity contribution in [3.05, 3.63) is 44.6 Å². The largest absolute Gasteiger partial charge is 0.369 e. The molecule has 0 spiro atoms. The van der Waals surface area contributed by atoms with Gasteiger partial charge in [-0.25, -0.2) is 4.98 Å². The van der Waals surface area contributed by atoms with Crippen LogP contribution in [0.1, 0.15) is 9.75 Å². The Balaban J connectivity index is 2.10. The van der Waals surface area contributed by atoms with E-state index in [4.69, 9.17) is 5.73 Å². The van der Waals surface area contributed by atoms with Gasteiger partial charge in [0, 0.05) is 14.2 Å². The second-order valence-electron chi connectivity index (χ2n) is 4.20. The summed E-state index contributed by atoms with van der Waals surface area (Å²) in [6.45, 7) is 2.89. The van der Waals surface area contributed by atoms with Gasteiger partial charge in [0.05, 0.1) is 17.6 Å². The van der Waals surface area contributed by atoms with Gasteiger partial charge in [0.2, 0.25) is 5.95 Å². The molecule has 3 rings (SSSR count). The van der Waals surface area contributed by atoms with Crippen LogP contribution in [0.3, 0.4) is 0 Å². The van der Waals surface area contributed by atoms with Gasteiger partial charge < -0.3 is 10.3 Å². The zero-order valence-electron chi connectivity index (χ0n) is 9.85. The second-order valence-corrected chi connectivity index (χ2v) is 6.49. The number of anilines is 1. The lowest BCUT2D eigenvalue weighted by atomic mass is 10.3. The van der Waals surface area contributed by atoms with E-state index in [1.165, 1.54) is 9.75 Å². The van der Waals surface area contributed by atoms with Gasteiger partial charge in [-0.1, -0.05) is 15.9 Å². The average molecular weight is 322 g/mol. The predicted octanol–water partition coefficient (Wildman–Crippen LogP) is 3.80. The Bertz CT molecular complexity index is 714. The summed E-state index contributed by atoms with van der Waals surface area (Å²) >= 11 is 5.28. The Morgan fingerprint density at radius 1 is 1.33 bits per heavy atom. The maximum absolute atomic E-state index is 6.00. The third-order valence-corrected chi connectivity index (χ3v) is 4.33. The summed E-state index contributed by atoms with van der Waals surface area (Å²) in [5, 5.41) is 0. The van der Waals surface area contributed by atoms with Gasteiger partial charge in [0.15, 0.2) is 0 Å². The van der Waals surface area contributed by atoms with Crippen LogP contribution < -0.4 is 5.73 Å². The fourth-order valence-corrected chi connectivity index (χ4v) is 3.23. The van der Waals surface area contributed by atoms with E-state index in [-0.39, 0.29) is 0 Å². The number of aryl methyl sites for hydroxylation is 1. The number of nitrogens with two attached hydrogens (primary N) is 1. The van der Waals surface area contributed by atoms with E-state index in [2.05, 4.69) is 46.0 Å². The molecule has 2 heterocycles. The van der Waals surface area contributed by atoms with Crippen molar-refractivity contribution < 1.29 is 0 Å². The summed E-state index contributed by atoms with van der Waals surface area (Å²) in [6, 6.07) is 10.3. The van der Waals surface area contributed by atoms with Crippen molar-refractivity contribution in [1.82, 2.24) is 9.55 Å². The quantitative estimate of drug-likeness (QED) is 0.780. The highest BCUT2D eigenvalue weighted by Gasteiger charge is 2.09. The first-order valence-electron chi connectivity index (χ1n) is 5.60. The molecule has 0 saturated heterocycles. The molecule has 3 nitrogen and oxygen atoms in total. The van der Waals surface area contributed by atoms with Gasteiger partial charge in [-0.05, 0) is 37.3 Å². The van der Waals surface area contributed by atoms with Crippen molar-refractivity contribution in [1.29, 1.82) is 0 Å². The number of hydrogen-bond donors (Lipinski definition) is 1. The number of hydrogen-bond acceptors (Lipinski definition) is 3. The molecule has 1 aromatic carbocycles. The lowest BCUT2D eigenvalue weighted by Gasteiger charge is -2.04. The number of thiophene rings is 1. The van der Waals surface area contributed by atoms with Crippen molar-refractivity contribution in [2.75, 3.05) is 5.73 Å². The van der Waals surface area contributed by atoms with E-state index in [9.17, 15) is 0 Å². The van der Waals surface area contributed by atoms with E-state index in [1.807, 2.05) is 16.7 Å². The van der Waals surface area contributed by atoms with Crippen LogP contribution in [0.15, 0.2) is 34.8 Å². The highest BCUT2D eigenvalue weighted by atomic mass is 79.9. The fourth-order valence-electron chi connectivity index (χ4n) is 2.01. The van der Waals surface area contributed by atoms with Crippen molar-refractivity contribution in [3.8, 4) is 0 Å². The average Bonchev–Trinajstić information content (AvgIpc) is 2.86. The lowest BCUT2D eigenvalue weighted by Crippen LogP contribution is -2.03. The molecule has 0 amide bonds. The van der Waals surface area contributed by atoms with Crippen LogP contribution in [0.2, 0.25) is 0 Å². The molecule has 0 aliphatic rings. The van der Waals surface area contributed by atoms with Crippen LogP contribution in [-0.4, -0.2) is 9.55 Å². The Morgan fingerprint density at radius 2 is 2.17 bits per heavy atom. The van der Waals surface area contributed by atoms with Crippen LogP contribution >= 0.6 is 27.3 Å². The number of imidazole rings is 1. The van der Waals surface area contributed by atoms with Gasteiger partial charge in [0.25, 0.3) is 0 Å². The summed E-state index contributed by atoms with van der Waals surface area (Å²) in [5.41, 5.74) is 8.00. The Hall–Kier alpha value is -1.33. The molecule has 0 aliphatic carbocycles. The number of nitrogen functional groups attached to an aromatic ring is 1. The van der Waals surface area contributed by atoms with E-state index in [1.54, 1.807) is 11.3 Å². The molecule has 18 heavy (non-hydrogen) atoms. The number of fused-ring (bicyclic) bond motifs is 1. The molecule has 3 aromatic rings. The number of halogens is 1. The van der Waals surface area contributed by atoms with E-state index in [0.29, 0.717) is 5.95 Å². The third kappa shape index (κ3) is 2.04. The molecule has 2 aromatic heterocycles. The van der Waals surface area contributed by atoms with Crippen LogP contribution in [0.25, 0.3) is 11.0 Å². The zero-order valence-corrected chi connectivity index (χ0v) is 12.3. The van der Waals surface area contributed by atoms with Crippen molar-refractivity contribution in [2.24, 2.45) is 0 Å². The molecule has 0 bridgehead atoms. The number of aromatic nitrogens is 2. The molecule has 0 atom stereocenters. The molecule has 0 aliphatic heterocycles. The minimum absolute atomic E-state index is 0.564. The standard InChI is InChI=1S/C13H12BrN3S/c1-8-2-4-10(18-8)7-17-12-6-9(14)3-5-11(12)16-13(17)15/h2-6H,7H2,1H3,(H2,15,16). The Morgan fingerprint density at radius 3 is 2.89 bits per heavy atom. The third-order valence-electron chi connectivity index (χ3n) is 2.85. The predicted molar refractivity (Wildman–Crippen MR) is 80.0 cm³/mol. The monoisotopic (exact) mass is 321 g/mol. The molecule has 0 radical (unpaired) electrons. The smallest absolute Gasteiger partial charge is 0.201 e. The summed E-state index contributed by atoms with van der Waals surface area (Å²) in [7, 11) is 0. The van der Waals surface area contributed by atoms with E-state index in [0.717, 1.165) is 22.1 Å². The van der Waals surface area contributed by atoms with Crippen molar-refractivity contribution in [2.45, 2.75) is 13.5 Å². The molecule has 0 unspecified atom stereocenters. The molecular formula is C13H12BrN3S. The van der Waals surface area contributed by atoms with Crippen molar-refractivity contribution in [3.63, 3.8) is 0 Å². The van der Waals surface area contributed by atoms with Gasteiger partial charge >= 0.3 is 0 Å². The molecule has 2 N–H and O–H groups in total. The minimum atomic E-state index is 0.564. The summed E-state index contributed by atoms with van der Waals surface area (Å²) in [4.78, 5) is 6.99. The van der Waals surface area contributed by atoms with Crippen molar-refractivity contribution >= 4 is 44.2 Å². The number of benzene rings is 1. The summed E-state index contributed by atoms with van der Waals surface area (Å²) in [6.07, 6.45) is 0. The SMILES string of the molecule is Cc1ccc(Cn2c(N)nc3ccc(Br)cc32)s1. The normalized spacial score (nSPS) is 11.2. The topological polar surface area (TPSA) is 43.8 Å². The minimum Gasteiger partial charge on any atom is -0.369 e. The van der Waals surface area contributed by atoms with Gasteiger partial charge in [-0.2, -0.15) is 0 Å². The lowest BCUT2D eigenvalue weighted by molar-refractivity contribution is 0.852. The maximum Gasteiger partial charge on any atom is 0.201 e. The van der Waals surface area contributed by atoms with Gasteiger partial charge in [-0.15, -0.1) is 11.3 Å². The van der Waals surface area contributed by atoms with Crippen LogP contribution in [0.4, 0.5) is 5.95 Å². The van der Waals surface area contributed by atoms with Gasteiger partial charge in [-0.3, -0.25) is 0 Å². The zero-order chi connectivity index (χ0) is 12.7. The summed E-state index contributed by atoms with van der Waals surface area (Å²) in [5.74, 6) is 0.564. The molecule has 5 heteroatoms. The molecule has 0 saturated carbocycles. The van der Waals surface area contributed by atoms with E-state index >= 15 is 0 Å². The molecule has 92 valence electrons. The first-order valence-corrected chi connectivity index (χ1v) is 7.21. The number of rotatable bonds is 2. The second kappa shape index (κ2) is 4.40. The molecular weight excluding hydrogens is 310 g/mol. The maximum atomic E-state index is 6.00. The summed E-state index contributed by atoms with van der Waals surface area (Å²) < 4.78 is 3.09. The highest BCUT2D eigenvalue weighted by molar-refractivity contribution is 9.10. The Kier molecular flexibility index (Phi) is 2.87. The highest BCUT2D eigenvalue weighted by Crippen LogP contribution is 2.25. The van der Waals surface area contributed by atoms with Crippen LogP contribution in [0.5, 0.6) is 0 Å². The molecule has 0 fully saturated rings. The fraction of sp³-hybridized carbons (Fsp3) is 0.154. The first-order chi connectivity index (χ1) is 8.63. The van der Waals surface area contributed by atoms with Crippen LogP contribution in [0, 0.1) is 6.92 Å². The van der Waals surface area contributed by atoms with Gasteiger partial charge in [0.1, 0.15) is 0 Å². The van der Waals surface area contributed by atoms with Crippen LogP contribution in [-0.2, 0) is 6.54 Å². The number of nitrogens with zero attached hydrogens (tertiary/aromatic N) is 2. The first kappa shape index (κ1) is 11.7.